The van der Waals surface area contributed by atoms with E-state index in [0.717, 1.165) is 11.1 Å². The molecule has 1 aliphatic rings. The van der Waals surface area contributed by atoms with E-state index in [9.17, 15) is 9.59 Å². The number of hydrogen-bond donors (Lipinski definition) is 1. The number of hydrogen-bond acceptors (Lipinski definition) is 3. The van der Waals surface area contributed by atoms with E-state index >= 15 is 0 Å². The number of rotatable bonds is 2. The smallest absolute Gasteiger partial charge is 0.291 e. The highest BCUT2D eigenvalue weighted by molar-refractivity contribution is 6.08. The fourth-order valence-electron chi connectivity index (χ4n) is 2.84. The van der Waals surface area contributed by atoms with Gasteiger partial charge in [-0.1, -0.05) is 36.4 Å². The molecular formula is C20H14N2O3. The zero-order valence-electron chi connectivity index (χ0n) is 13.2. The molecule has 0 saturated carbocycles. The molecule has 2 N–H and O–H groups in total. The quantitative estimate of drug-likeness (QED) is 0.782. The van der Waals surface area contributed by atoms with Crippen LogP contribution in [0.5, 0.6) is 5.75 Å². The Labute approximate surface area is 144 Å². The summed E-state index contributed by atoms with van der Waals surface area (Å²) >= 11 is 0. The van der Waals surface area contributed by atoms with Gasteiger partial charge in [0, 0.05) is 22.3 Å². The van der Waals surface area contributed by atoms with Gasteiger partial charge in [-0.2, -0.15) is 0 Å². The minimum atomic E-state index is -0.535. The second-order valence-corrected chi connectivity index (χ2v) is 5.65. The predicted molar refractivity (Wildman–Crippen MR) is 94.3 cm³/mol. The summed E-state index contributed by atoms with van der Waals surface area (Å²) in [5, 5.41) is 1.27. The number of fused-ring (bicyclic) bond motifs is 3. The van der Waals surface area contributed by atoms with Crippen molar-refractivity contribution in [2.75, 3.05) is 5.06 Å². The van der Waals surface area contributed by atoms with Gasteiger partial charge in [-0.15, -0.1) is 5.06 Å². The lowest BCUT2D eigenvalue weighted by atomic mass is 10.0. The summed E-state index contributed by atoms with van der Waals surface area (Å²) in [7, 11) is 0. The molecule has 5 heteroatoms. The van der Waals surface area contributed by atoms with Crippen LogP contribution in [0.15, 0.2) is 72.8 Å². The van der Waals surface area contributed by atoms with E-state index in [1.54, 1.807) is 12.1 Å². The van der Waals surface area contributed by atoms with Crippen LogP contribution < -0.4 is 15.6 Å². The number of carbonyl (C=O) groups excluding carboxylic acids is 2. The Morgan fingerprint density at radius 3 is 2.08 bits per heavy atom. The monoisotopic (exact) mass is 330 g/mol. The third kappa shape index (κ3) is 2.52. The number of benzene rings is 3. The van der Waals surface area contributed by atoms with Gasteiger partial charge in [-0.25, -0.2) is 0 Å². The summed E-state index contributed by atoms with van der Waals surface area (Å²) in [4.78, 5) is 30.0. The summed E-state index contributed by atoms with van der Waals surface area (Å²) < 4.78 is 0. The summed E-state index contributed by atoms with van der Waals surface area (Å²) in [6.45, 7) is 0. The molecule has 0 aromatic heterocycles. The first-order chi connectivity index (χ1) is 12.1. The molecule has 2 amide bonds. The molecule has 0 spiro atoms. The van der Waals surface area contributed by atoms with Crippen LogP contribution >= 0.6 is 0 Å². The van der Waals surface area contributed by atoms with Crippen molar-refractivity contribution in [1.29, 1.82) is 0 Å². The van der Waals surface area contributed by atoms with Crippen molar-refractivity contribution in [3.05, 3.63) is 83.9 Å². The van der Waals surface area contributed by atoms with Crippen molar-refractivity contribution in [2.24, 2.45) is 5.73 Å². The zero-order chi connectivity index (χ0) is 17.4. The van der Waals surface area contributed by atoms with Crippen molar-refractivity contribution in [3.63, 3.8) is 0 Å². The molecule has 1 heterocycles. The second kappa shape index (κ2) is 5.79. The van der Waals surface area contributed by atoms with Crippen LogP contribution in [-0.4, -0.2) is 11.8 Å². The van der Waals surface area contributed by atoms with E-state index < -0.39 is 5.91 Å². The van der Waals surface area contributed by atoms with Gasteiger partial charge in [0.2, 0.25) is 5.91 Å². The molecule has 0 atom stereocenters. The molecule has 0 aliphatic carbocycles. The van der Waals surface area contributed by atoms with Crippen LogP contribution in [0.25, 0.3) is 11.1 Å². The number of nitrogens with two attached hydrogens (primary N) is 1. The Kier molecular flexibility index (Phi) is 3.47. The van der Waals surface area contributed by atoms with Crippen LogP contribution in [0.1, 0.15) is 20.7 Å². The van der Waals surface area contributed by atoms with Crippen LogP contribution in [0, 0.1) is 0 Å². The van der Waals surface area contributed by atoms with Gasteiger partial charge in [0.15, 0.2) is 5.75 Å². The number of primary amides is 1. The third-order valence-corrected chi connectivity index (χ3v) is 4.09. The molecule has 0 fully saturated rings. The zero-order valence-corrected chi connectivity index (χ0v) is 13.2. The topological polar surface area (TPSA) is 72.6 Å². The van der Waals surface area contributed by atoms with Gasteiger partial charge in [-0.3, -0.25) is 9.59 Å². The number of amides is 2. The van der Waals surface area contributed by atoms with E-state index in [4.69, 9.17) is 10.6 Å². The first-order valence-corrected chi connectivity index (χ1v) is 7.76. The molecule has 5 nitrogen and oxygen atoms in total. The predicted octanol–water partition coefficient (Wildman–Crippen LogP) is 3.41. The molecule has 0 bridgehead atoms. The summed E-state index contributed by atoms with van der Waals surface area (Å²) in [5.74, 6) is -0.242. The number of nitrogens with zero attached hydrogens (tertiary/aromatic N) is 1. The van der Waals surface area contributed by atoms with Crippen LogP contribution in [-0.2, 0) is 0 Å². The number of carbonyl (C=O) groups is 2. The van der Waals surface area contributed by atoms with Gasteiger partial charge in [0.1, 0.15) is 0 Å². The maximum atomic E-state index is 12.9. The Morgan fingerprint density at radius 1 is 0.760 bits per heavy atom. The van der Waals surface area contributed by atoms with Gasteiger partial charge in [0.05, 0.1) is 5.69 Å². The first-order valence-electron chi connectivity index (χ1n) is 7.76. The molecule has 0 radical (unpaired) electrons. The van der Waals surface area contributed by atoms with Crippen LogP contribution in [0.3, 0.4) is 0 Å². The SMILES string of the molecule is NC(=O)c1ccc(C(=O)N2Oc3ccccc3-c3ccccc32)cc1. The molecule has 25 heavy (non-hydrogen) atoms. The fraction of sp³-hybridized carbons (Fsp3) is 0. The molecule has 1 aliphatic heterocycles. The molecule has 0 saturated heterocycles. The van der Waals surface area contributed by atoms with Crippen molar-refractivity contribution in [3.8, 4) is 16.9 Å². The highest BCUT2D eigenvalue weighted by Crippen LogP contribution is 2.42. The van der Waals surface area contributed by atoms with Crippen molar-refractivity contribution < 1.29 is 14.4 Å². The first kappa shape index (κ1) is 15.0. The lowest BCUT2D eigenvalue weighted by Gasteiger charge is -2.30. The van der Waals surface area contributed by atoms with E-state index in [1.807, 2.05) is 48.5 Å². The average molecular weight is 330 g/mol. The fourth-order valence-corrected chi connectivity index (χ4v) is 2.84. The Hall–Kier alpha value is -3.60. The van der Waals surface area contributed by atoms with Crippen molar-refractivity contribution in [2.45, 2.75) is 0 Å². The Morgan fingerprint density at radius 2 is 1.36 bits per heavy atom. The number of hydroxylamine groups is 1. The van der Waals surface area contributed by atoms with E-state index in [2.05, 4.69) is 0 Å². The third-order valence-electron chi connectivity index (χ3n) is 4.09. The Balaban J connectivity index is 1.76. The van der Waals surface area contributed by atoms with Crippen molar-refractivity contribution >= 4 is 17.5 Å². The minimum absolute atomic E-state index is 0.321. The van der Waals surface area contributed by atoms with Gasteiger partial charge in [-0.05, 0) is 36.4 Å². The normalized spacial score (nSPS) is 11.9. The maximum Gasteiger partial charge on any atom is 0.291 e. The van der Waals surface area contributed by atoms with E-state index in [1.165, 1.54) is 17.2 Å². The molecule has 3 aromatic carbocycles. The van der Waals surface area contributed by atoms with Crippen molar-refractivity contribution in [1.82, 2.24) is 0 Å². The average Bonchev–Trinajstić information content (AvgIpc) is 2.67. The highest BCUT2D eigenvalue weighted by atomic mass is 16.7. The standard InChI is InChI=1S/C20H14N2O3/c21-19(23)13-9-11-14(12-10-13)20(24)22-17-7-3-1-5-15(17)16-6-2-4-8-18(16)25-22/h1-12H,(H2,21,23). The lowest BCUT2D eigenvalue weighted by molar-refractivity contribution is 0.0877. The van der Waals surface area contributed by atoms with Crippen LogP contribution in [0.2, 0.25) is 0 Å². The van der Waals surface area contributed by atoms with Crippen LogP contribution in [0.4, 0.5) is 5.69 Å². The maximum absolute atomic E-state index is 12.9. The number of anilines is 1. The summed E-state index contributed by atoms with van der Waals surface area (Å²) in [6, 6.07) is 21.3. The molecule has 3 aromatic rings. The summed E-state index contributed by atoms with van der Waals surface area (Å²) in [6.07, 6.45) is 0. The lowest BCUT2D eigenvalue weighted by Crippen LogP contribution is -2.36. The minimum Gasteiger partial charge on any atom is -0.371 e. The highest BCUT2D eigenvalue weighted by Gasteiger charge is 2.28. The van der Waals surface area contributed by atoms with E-state index in [-0.39, 0.29) is 5.91 Å². The molecule has 0 unspecified atom stereocenters. The van der Waals surface area contributed by atoms with E-state index in [0.29, 0.717) is 22.6 Å². The van der Waals surface area contributed by atoms with Gasteiger partial charge in [0.25, 0.3) is 5.91 Å². The molecular weight excluding hydrogens is 316 g/mol. The second-order valence-electron chi connectivity index (χ2n) is 5.65. The molecule has 122 valence electrons. The van der Waals surface area contributed by atoms with Gasteiger partial charge < -0.3 is 10.6 Å². The van der Waals surface area contributed by atoms with Gasteiger partial charge >= 0.3 is 0 Å². The number of para-hydroxylation sites is 2. The molecule has 4 rings (SSSR count). The Bertz CT molecular complexity index is 980. The summed E-state index contributed by atoms with van der Waals surface area (Å²) in [5.41, 5.74) is 8.52. The largest absolute Gasteiger partial charge is 0.371 e.